The first-order valence-corrected chi connectivity index (χ1v) is 15.3. The monoisotopic (exact) mass is 763 g/mol. The molecule has 0 aliphatic heterocycles. The number of aliphatic hydroxyl groups is 1. The molecule has 0 bridgehead atoms. The van der Waals surface area contributed by atoms with Gasteiger partial charge in [0.05, 0.1) is 5.76 Å². The summed E-state index contributed by atoms with van der Waals surface area (Å²) in [5.41, 5.74) is 3.70. The Hall–Kier alpha value is -2.55. The van der Waals surface area contributed by atoms with Gasteiger partial charge < -0.3 is 5.11 Å². The number of ketones is 1. The molecule has 5 heteroatoms. The van der Waals surface area contributed by atoms with Gasteiger partial charge in [-0.25, -0.2) is 0 Å². The number of hydrogen-bond donors (Lipinski definition) is 1. The summed E-state index contributed by atoms with van der Waals surface area (Å²) in [6.07, 6.45) is 6.83. The van der Waals surface area contributed by atoms with Crippen LogP contribution in [0.2, 0.25) is 0 Å². The van der Waals surface area contributed by atoms with Gasteiger partial charge in [-0.1, -0.05) is 27.7 Å². The number of pyridine rings is 1. The minimum atomic E-state index is 0. The predicted octanol–water partition coefficient (Wildman–Crippen LogP) is 8.93. The fourth-order valence-electron chi connectivity index (χ4n) is 4.87. The third-order valence-electron chi connectivity index (χ3n) is 7.27. The second-order valence-corrected chi connectivity index (χ2v) is 11.8. The van der Waals surface area contributed by atoms with Crippen molar-refractivity contribution in [2.24, 2.45) is 11.8 Å². The van der Waals surface area contributed by atoms with Crippen molar-refractivity contribution in [3.8, 4) is 11.1 Å². The van der Waals surface area contributed by atoms with Crippen LogP contribution in [-0.4, -0.2) is 30.4 Å². The normalized spacial score (nSPS) is 11.6. The first kappa shape index (κ1) is 31.0. The Balaban J connectivity index is 0.000000233. The third-order valence-corrected chi connectivity index (χ3v) is 9.71. The van der Waals surface area contributed by atoms with Crippen LogP contribution in [0, 0.1) is 17.9 Å². The third kappa shape index (κ3) is 7.16. The van der Waals surface area contributed by atoms with E-state index in [0.717, 1.165) is 31.2 Å². The number of allylic oxidation sites excluding steroid dienone is 2. The molecule has 0 aliphatic rings. The zero-order chi connectivity index (χ0) is 27.1. The SMILES string of the molecule is CCC(CC)C(=O)/C=C(\O)C(CC)CC.[Ir].[c-]1c2ccccc2cc2[se]c3c(-c4ccccc4)ccnc3c12. The summed E-state index contributed by atoms with van der Waals surface area (Å²) >= 11 is 0.282. The van der Waals surface area contributed by atoms with Crippen LogP contribution in [0.1, 0.15) is 53.4 Å². The van der Waals surface area contributed by atoms with Crippen molar-refractivity contribution < 1.29 is 30.0 Å². The van der Waals surface area contributed by atoms with Gasteiger partial charge in [-0.3, -0.25) is 4.79 Å². The Morgan fingerprint density at radius 2 is 1.56 bits per heavy atom. The van der Waals surface area contributed by atoms with E-state index in [4.69, 9.17) is 0 Å². The number of aliphatic hydroxyl groups excluding tert-OH is 1. The molecule has 3 nitrogen and oxygen atoms in total. The maximum atomic E-state index is 11.7. The van der Waals surface area contributed by atoms with Crippen LogP contribution >= 0.6 is 0 Å². The van der Waals surface area contributed by atoms with E-state index >= 15 is 0 Å². The summed E-state index contributed by atoms with van der Waals surface area (Å²) in [7, 11) is 0. The molecule has 0 saturated carbocycles. The Morgan fingerprint density at radius 1 is 0.923 bits per heavy atom. The molecule has 2 aromatic heterocycles. The van der Waals surface area contributed by atoms with Crippen LogP contribution in [0.3, 0.4) is 0 Å². The Labute approximate surface area is 251 Å². The number of fused-ring (bicyclic) bond motifs is 4. The molecule has 39 heavy (non-hydrogen) atoms. The molecule has 0 amide bonds. The standard InChI is InChI=1S/C21H12NSe.C13H24O2.Ir/c1-2-6-14(7-3-1)17-10-11-22-20-18-12-15-8-4-5-9-16(15)13-19(18)23-21(17)20;1-5-10(6-2)12(14)9-13(15)11(7-3)8-4;/h1-11,13H;9-11,14H,5-8H2,1-4H3;/q-1;;/b;12-9-;. The van der Waals surface area contributed by atoms with Gasteiger partial charge in [0.15, 0.2) is 5.78 Å². The summed E-state index contributed by atoms with van der Waals surface area (Å²) in [4.78, 5) is 16.4. The maximum absolute atomic E-state index is 11.7. The van der Waals surface area contributed by atoms with E-state index in [-0.39, 0.29) is 58.0 Å². The average molecular weight is 762 g/mol. The molecule has 1 radical (unpaired) electrons. The number of benzene rings is 3. The molecule has 0 unspecified atom stereocenters. The van der Waals surface area contributed by atoms with Crippen molar-refractivity contribution in [1.82, 2.24) is 4.98 Å². The van der Waals surface area contributed by atoms with Crippen LogP contribution in [0.4, 0.5) is 0 Å². The van der Waals surface area contributed by atoms with Crippen molar-refractivity contribution in [3.63, 3.8) is 0 Å². The molecule has 0 atom stereocenters. The van der Waals surface area contributed by atoms with Crippen LogP contribution < -0.4 is 0 Å². The zero-order valence-electron chi connectivity index (χ0n) is 23.0. The van der Waals surface area contributed by atoms with Crippen molar-refractivity contribution in [2.75, 3.05) is 0 Å². The molecule has 0 fully saturated rings. The molecule has 5 rings (SSSR count). The van der Waals surface area contributed by atoms with Crippen molar-refractivity contribution >= 4 is 50.5 Å². The van der Waals surface area contributed by atoms with Gasteiger partial charge in [-0.05, 0) is 25.7 Å². The van der Waals surface area contributed by atoms with Crippen LogP contribution in [0.5, 0.6) is 0 Å². The van der Waals surface area contributed by atoms with E-state index in [1.54, 1.807) is 0 Å². The van der Waals surface area contributed by atoms with E-state index in [2.05, 4.69) is 77.8 Å². The first-order valence-electron chi connectivity index (χ1n) is 13.6. The number of nitrogens with zero attached hydrogens (tertiary/aromatic N) is 1. The number of aromatic nitrogens is 1. The fraction of sp³-hybridized carbons (Fsp3) is 0.294. The Morgan fingerprint density at radius 3 is 2.23 bits per heavy atom. The molecule has 3 aromatic carbocycles. The number of hydrogen-bond acceptors (Lipinski definition) is 3. The first-order chi connectivity index (χ1) is 18.5. The molecule has 0 spiro atoms. The number of rotatable bonds is 8. The van der Waals surface area contributed by atoms with Gasteiger partial charge in [0.1, 0.15) is 0 Å². The van der Waals surface area contributed by atoms with Crippen LogP contribution in [0.15, 0.2) is 84.8 Å². The summed E-state index contributed by atoms with van der Waals surface area (Å²) in [5, 5.41) is 13.4. The van der Waals surface area contributed by atoms with Crippen LogP contribution in [0.25, 0.3) is 41.3 Å². The molecular weight excluding hydrogens is 726 g/mol. The molecule has 2 heterocycles. The van der Waals surface area contributed by atoms with E-state index < -0.39 is 0 Å². The Bertz CT molecular complexity index is 1550. The van der Waals surface area contributed by atoms with Gasteiger partial charge in [0.25, 0.3) is 0 Å². The van der Waals surface area contributed by atoms with Gasteiger partial charge in [-0.15, -0.1) is 0 Å². The molecule has 5 aromatic rings. The summed E-state index contributed by atoms with van der Waals surface area (Å²) < 4.78 is 2.77. The summed E-state index contributed by atoms with van der Waals surface area (Å²) in [6.45, 7) is 8.07. The molecular formula is C34H36IrNO2Se-. The Kier molecular flexibility index (Phi) is 11.7. The second kappa shape index (κ2) is 14.7. The van der Waals surface area contributed by atoms with Gasteiger partial charge in [-0.2, -0.15) is 0 Å². The number of carbonyl (C=O) groups is 1. The second-order valence-electron chi connectivity index (χ2n) is 9.60. The van der Waals surface area contributed by atoms with Crippen molar-refractivity contribution in [1.29, 1.82) is 0 Å². The zero-order valence-corrected chi connectivity index (χ0v) is 27.1. The van der Waals surface area contributed by atoms with E-state index in [9.17, 15) is 9.90 Å². The van der Waals surface area contributed by atoms with Gasteiger partial charge in [0.2, 0.25) is 0 Å². The average Bonchev–Trinajstić information content (AvgIpc) is 3.31. The predicted molar refractivity (Wildman–Crippen MR) is 162 cm³/mol. The van der Waals surface area contributed by atoms with E-state index in [1.165, 1.54) is 41.9 Å². The van der Waals surface area contributed by atoms with Gasteiger partial charge >= 0.3 is 140 Å². The molecule has 205 valence electrons. The van der Waals surface area contributed by atoms with Crippen LogP contribution in [-0.2, 0) is 24.9 Å². The molecule has 0 saturated heterocycles. The summed E-state index contributed by atoms with van der Waals surface area (Å²) in [5.74, 6) is 0.547. The van der Waals surface area contributed by atoms with E-state index in [0.29, 0.717) is 0 Å². The quantitative estimate of drug-likeness (QED) is 0.0744. The number of carbonyl (C=O) groups excluding carboxylic acids is 1. The molecule has 1 N–H and O–H groups in total. The van der Waals surface area contributed by atoms with E-state index in [1.807, 2.05) is 33.9 Å². The van der Waals surface area contributed by atoms with Gasteiger partial charge in [0, 0.05) is 38.0 Å². The summed E-state index contributed by atoms with van der Waals surface area (Å²) in [6, 6.07) is 27.1. The van der Waals surface area contributed by atoms with Crippen molar-refractivity contribution in [3.05, 3.63) is 90.8 Å². The molecule has 0 aliphatic carbocycles. The minimum absolute atomic E-state index is 0. The van der Waals surface area contributed by atoms with Crippen molar-refractivity contribution in [2.45, 2.75) is 53.4 Å². The topological polar surface area (TPSA) is 50.2 Å². The fourth-order valence-corrected chi connectivity index (χ4v) is 7.39.